The van der Waals surface area contributed by atoms with Crippen molar-refractivity contribution in [3.8, 4) is 6.07 Å². The molecule has 1 N–H and O–H groups in total. The van der Waals surface area contributed by atoms with Crippen molar-refractivity contribution in [1.29, 1.82) is 5.26 Å². The highest BCUT2D eigenvalue weighted by molar-refractivity contribution is 8.00. The fourth-order valence-corrected chi connectivity index (χ4v) is 3.09. The van der Waals surface area contributed by atoms with Gasteiger partial charge >= 0.3 is 5.97 Å². The van der Waals surface area contributed by atoms with E-state index in [1.54, 1.807) is 37.3 Å². The molecule has 0 aliphatic carbocycles. The number of hydrogen-bond acceptors (Lipinski definition) is 5. The van der Waals surface area contributed by atoms with E-state index < -0.39 is 23.7 Å². The summed E-state index contributed by atoms with van der Waals surface area (Å²) in [5, 5.41) is 12.0. The van der Waals surface area contributed by atoms with E-state index in [9.17, 15) is 9.59 Å². The summed E-state index contributed by atoms with van der Waals surface area (Å²) in [5.41, 5.74) is 0.533. The summed E-state index contributed by atoms with van der Waals surface area (Å²) in [6.45, 7) is 1.23. The van der Waals surface area contributed by atoms with E-state index in [4.69, 9.17) is 33.2 Å². The second-order valence-electron chi connectivity index (χ2n) is 5.17. The van der Waals surface area contributed by atoms with Crippen LogP contribution in [0.3, 0.4) is 0 Å². The van der Waals surface area contributed by atoms with Crippen LogP contribution >= 0.6 is 35.0 Å². The first-order valence-electron chi connectivity index (χ1n) is 7.47. The highest BCUT2D eigenvalue weighted by atomic mass is 35.5. The van der Waals surface area contributed by atoms with Gasteiger partial charge in [0.05, 0.1) is 11.3 Å². The lowest BCUT2D eigenvalue weighted by Crippen LogP contribution is -2.25. The first-order valence-corrected chi connectivity index (χ1v) is 9.11. The molecule has 0 saturated heterocycles. The number of esters is 1. The van der Waals surface area contributed by atoms with Crippen molar-refractivity contribution in [2.45, 2.75) is 17.1 Å². The zero-order valence-electron chi connectivity index (χ0n) is 13.7. The van der Waals surface area contributed by atoms with E-state index in [1.807, 2.05) is 6.07 Å². The molecule has 0 bridgehead atoms. The van der Waals surface area contributed by atoms with Crippen molar-refractivity contribution < 1.29 is 14.3 Å². The van der Waals surface area contributed by atoms with Crippen LogP contribution in [0.1, 0.15) is 12.5 Å². The van der Waals surface area contributed by atoms with Crippen molar-refractivity contribution in [3.05, 3.63) is 58.1 Å². The Labute approximate surface area is 165 Å². The maximum Gasteiger partial charge on any atom is 0.319 e. The van der Waals surface area contributed by atoms with Gasteiger partial charge in [-0.05, 0) is 49.4 Å². The molecule has 0 aliphatic rings. The van der Waals surface area contributed by atoms with Gasteiger partial charge in [0.25, 0.3) is 5.91 Å². The van der Waals surface area contributed by atoms with E-state index in [2.05, 4.69) is 5.32 Å². The zero-order chi connectivity index (χ0) is 19.1. The lowest BCUT2D eigenvalue weighted by atomic mass is 10.2. The summed E-state index contributed by atoms with van der Waals surface area (Å²) < 4.78 is 5.02. The molecule has 26 heavy (non-hydrogen) atoms. The second-order valence-corrected chi connectivity index (χ2v) is 7.46. The van der Waals surface area contributed by atoms with Gasteiger partial charge in [0.1, 0.15) is 11.3 Å². The summed E-state index contributed by atoms with van der Waals surface area (Å²) >= 11 is 13.0. The Bertz CT molecular complexity index is 851. The van der Waals surface area contributed by atoms with Gasteiger partial charge < -0.3 is 10.1 Å². The van der Waals surface area contributed by atoms with Crippen molar-refractivity contribution in [1.82, 2.24) is 0 Å². The molecule has 0 spiro atoms. The molecule has 8 heteroatoms. The number of carbonyl (C=O) groups excluding carboxylic acids is 2. The van der Waals surface area contributed by atoms with E-state index in [-0.39, 0.29) is 11.3 Å². The molecule has 1 atom stereocenters. The number of thioether (sulfide) groups is 1. The van der Waals surface area contributed by atoms with Gasteiger partial charge in [-0.3, -0.25) is 9.59 Å². The Morgan fingerprint density at radius 3 is 2.50 bits per heavy atom. The number of anilines is 1. The van der Waals surface area contributed by atoms with Crippen molar-refractivity contribution >= 4 is 52.5 Å². The molecule has 2 aromatic carbocycles. The Morgan fingerprint density at radius 1 is 1.19 bits per heavy atom. The number of hydrogen-bond donors (Lipinski definition) is 1. The molecule has 0 aromatic heterocycles. The zero-order valence-corrected chi connectivity index (χ0v) is 16.0. The number of benzene rings is 2. The summed E-state index contributed by atoms with van der Waals surface area (Å²) in [4.78, 5) is 24.8. The second kappa shape index (κ2) is 9.48. The lowest BCUT2D eigenvalue weighted by Gasteiger charge is -2.12. The number of nitrogens with zero attached hydrogens (tertiary/aromatic N) is 1. The third-order valence-corrected chi connectivity index (χ3v) is 4.76. The van der Waals surface area contributed by atoms with Crippen molar-refractivity contribution in [2.75, 3.05) is 11.9 Å². The fraction of sp³-hybridized carbons (Fsp3) is 0.167. The highest BCUT2D eigenvalue weighted by Gasteiger charge is 2.18. The number of nitriles is 1. The third kappa shape index (κ3) is 5.95. The van der Waals surface area contributed by atoms with Crippen LogP contribution in [0.25, 0.3) is 0 Å². The number of carbonyl (C=O) groups is 2. The maximum atomic E-state index is 12.0. The minimum atomic E-state index is -0.555. The summed E-state index contributed by atoms with van der Waals surface area (Å²) in [7, 11) is 0. The molecule has 1 amide bonds. The van der Waals surface area contributed by atoms with Crippen LogP contribution in [0.2, 0.25) is 10.0 Å². The molecular weight excluding hydrogens is 395 g/mol. The summed E-state index contributed by atoms with van der Waals surface area (Å²) in [6, 6.07) is 13.5. The van der Waals surface area contributed by atoms with Gasteiger partial charge in [0.2, 0.25) is 0 Å². The minimum absolute atomic E-state index is 0.265. The average Bonchev–Trinajstić information content (AvgIpc) is 2.61. The highest BCUT2D eigenvalue weighted by Crippen LogP contribution is 2.25. The monoisotopic (exact) mass is 408 g/mol. The summed E-state index contributed by atoms with van der Waals surface area (Å²) in [5.74, 6) is -1.08. The molecule has 0 unspecified atom stereocenters. The first-order chi connectivity index (χ1) is 12.4. The molecule has 5 nitrogen and oxygen atoms in total. The summed E-state index contributed by atoms with van der Waals surface area (Å²) in [6.07, 6.45) is 0. The molecular formula is C18H14Cl2N2O3S. The minimum Gasteiger partial charge on any atom is -0.455 e. The van der Waals surface area contributed by atoms with E-state index >= 15 is 0 Å². The van der Waals surface area contributed by atoms with Crippen LogP contribution < -0.4 is 5.32 Å². The normalized spacial score (nSPS) is 11.3. The predicted octanol–water partition coefficient (Wildman–Crippen LogP) is 4.53. The van der Waals surface area contributed by atoms with E-state index in [0.717, 1.165) is 4.90 Å². The number of nitrogens with one attached hydrogen (secondary N) is 1. The molecule has 134 valence electrons. The predicted molar refractivity (Wildman–Crippen MR) is 103 cm³/mol. The van der Waals surface area contributed by atoms with Crippen LogP contribution in [0, 0.1) is 11.3 Å². The van der Waals surface area contributed by atoms with E-state index in [1.165, 1.54) is 23.9 Å². The Hall–Kier alpha value is -2.20. The number of amides is 1. The number of rotatable bonds is 6. The van der Waals surface area contributed by atoms with Gasteiger partial charge in [0, 0.05) is 14.9 Å². The van der Waals surface area contributed by atoms with Crippen LogP contribution in [0.4, 0.5) is 5.69 Å². The standard InChI is InChI=1S/C18H14Cl2N2O3S/c1-11(26-15-6-4-13(19)5-7-15)18(24)25-10-17(23)22-16-8-14(20)3-2-12(16)9-21/h2-8,11H,10H2,1H3,(H,22,23)/t11-/m0/s1. The van der Waals surface area contributed by atoms with Crippen LogP contribution in [0.5, 0.6) is 0 Å². The third-order valence-electron chi connectivity index (χ3n) is 3.18. The fourth-order valence-electron chi connectivity index (χ4n) is 1.92. The first kappa shape index (κ1) is 20.1. The Kier molecular flexibility index (Phi) is 7.34. The molecule has 0 fully saturated rings. The van der Waals surface area contributed by atoms with Gasteiger partial charge in [-0.2, -0.15) is 5.26 Å². The smallest absolute Gasteiger partial charge is 0.319 e. The average molecular weight is 409 g/mol. The molecule has 0 heterocycles. The van der Waals surface area contributed by atoms with Crippen LogP contribution in [0.15, 0.2) is 47.4 Å². The van der Waals surface area contributed by atoms with Gasteiger partial charge in [-0.25, -0.2) is 0 Å². The van der Waals surface area contributed by atoms with Crippen LogP contribution in [-0.2, 0) is 14.3 Å². The van der Waals surface area contributed by atoms with Crippen LogP contribution in [-0.4, -0.2) is 23.7 Å². The Morgan fingerprint density at radius 2 is 1.85 bits per heavy atom. The molecule has 0 saturated carbocycles. The van der Waals surface area contributed by atoms with Crippen molar-refractivity contribution in [3.63, 3.8) is 0 Å². The quantitative estimate of drug-likeness (QED) is 0.560. The van der Waals surface area contributed by atoms with Gasteiger partial charge in [-0.1, -0.05) is 23.2 Å². The SMILES string of the molecule is C[C@H](Sc1ccc(Cl)cc1)C(=O)OCC(=O)Nc1cc(Cl)ccc1C#N. The van der Waals surface area contributed by atoms with Gasteiger partial charge in [-0.15, -0.1) is 11.8 Å². The molecule has 2 rings (SSSR count). The van der Waals surface area contributed by atoms with Gasteiger partial charge in [0.15, 0.2) is 6.61 Å². The number of halogens is 2. The largest absolute Gasteiger partial charge is 0.455 e. The topological polar surface area (TPSA) is 79.2 Å². The molecule has 0 radical (unpaired) electrons. The maximum absolute atomic E-state index is 12.0. The number of ether oxygens (including phenoxy) is 1. The van der Waals surface area contributed by atoms with Crippen molar-refractivity contribution in [2.24, 2.45) is 0 Å². The Balaban J connectivity index is 1.86. The molecule has 0 aliphatic heterocycles. The van der Waals surface area contributed by atoms with E-state index in [0.29, 0.717) is 10.0 Å². The lowest BCUT2D eigenvalue weighted by molar-refractivity contribution is -0.146. The molecule has 2 aromatic rings.